The Bertz CT molecular complexity index is 959. The number of Topliss-reactive ketones (excluding diaryl/α,β-unsaturated/α-hetero) is 1. The summed E-state index contributed by atoms with van der Waals surface area (Å²) >= 11 is 6.33. The van der Waals surface area contributed by atoms with Crippen molar-refractivity contribution in [1.82, 2.24) is 0 Å². The third-order valence-electron chi connectivity index (χ3n) is 4.42. The molecule has 9 heteroatoms. The van der Waals surface area contributed by atoms with Gasteiger partial charge in [0.1, 0.15) is 11.5 Å². The van der Waals surface area contributed by atoms with Crippen LogP contribution in [-0.2, 0) is 6.42 Å². The molecule has 0 heterocycles. The van der Waals surface area contributed by atoms with Crippen LogP contribution in [0.15, 0.2) is 18.2 Å². The number of ketones is 1. The molecule has 0 spiro atoms. The van der Waals surface area contributed by atoms with Gasteiger partial charge >= 0.3 is 5.69 Å². The number of carbonyl (C=O) groups is 1. The SMILES string of the molecule is CCCc1c(Oc2c(Cl)cc(C)c([N+](=O)[O-])c2OCCCO)ccc(C(C)=O)c1O. The highest BCUT2D eigenvalue weighted by Gasteiger charge is 2.28. The Hall–Kier alpha value is -2.84. The molecular formula is C21H24ClNO7. The zero-order valence-electron chi connectivity index (χ0n) is 17.0. The zero-order chi connectivity index (χ0) is 22.4. The van der Waals surface area contributed by atoms with E-state index in [4.69, 9.17) is 26.2 Å². The summed E-state index contributed by atoms with van der Waals surface area (Å²) in [6, 6.07) is 4.34. The number of ether oxygens (including phenoxy) is 2. The fourth-order valence-electron chi connectivity index (χ4n) is 3.01. The van der Waals surface area contributed by atoms with E-state index in [0.717, 1.165) is 0 Å². The van der Waals surface area contributed by atoms with Gasteiger partial charge in [-0.1, -0.05) is 24.9 Å². The third-order valence-corrected chi connectivity index (χ3v) is 4.70. The van der Waals surface area contributed by atoms with Crippen LogP contribution < -0.4 is 9.47 Å². The maximum atomic E-state index is 11.8. The molecule has 0 unspecified atom stereocenters. The average molecular weight is 438 g/mol. The summed E-state index contributed by atoms with van der Waals surface area (Å²) in [7, 11) is 0. The predicted molar refractivity (Wildman–Crippen MR) is 112 cm³/mol. The minimum absolute atomic E-state index is 0.0177. The van der Waals surface area contributed by atoms with Crippen LogP contribution >= 0.6 is 11.6 Å². The van der Waals surface area contributed by atoms with Gasteiger partial charge in [0, 0.05) is 24.2 Å². The van der Waals surface area contributed by atoms with E-state index < -0.39 is 4.92 Å². The largest absolute Gasteiger partial charge is 0.507 e. The summed E-state index contributed by atoms with van der Waals surface area (Å²) in [6.45, 7) is 4.65. The molecule has 0 amide bonds. The van der Waals surface area contributed by atoms with E-state index in [1.807, 2.05) is 6.92 Å². The third kappa shape index (κ3) is 5.01. The molecule has 0 saturated carbocycles. The number of hydrogen-bond acceptors (Lipinski definition) is 7. The molecule has 0 atom stereocenters. The molecule has 0 aromatic heterocycles. The number of aromatic hydroxyl groups is 1. The first-order chi connectivity index (χ1) is 14.2. The van der Waals surface area contributed by atoms with Crippen molar-refractivity contribution in [3.8, 4) is 23.0 Å². The molecule has 0 aliphatic carbocycles. The first-order valence-corrected chi connectivity index (χ1v) is 9.85. The van der Waals surface area contributed by atoms with Crippen LogP contribution in [0.1, 0.15) is 48.2 Å². The summed E-state index contributed by atoms with van der Waals surface area (Å²) in [5.74, 6) is -0.502. The van der Waals surface area contributed by atoms with Crippen molar-refractivity contribution in [1.29, 1.82) is 0 Å². The summed E-state index contributed by atoms with van der Waals surface area (Å²) in [6.07, 6.45) is 1.33. The van der Waals surface area contributed by atoms with Gasteiger partial charge in [-0.3, -0.25) is 14.9 Å². The lowest BCUT2D eigenvalue weighted by Crippen LogP contribution is -2.06. The van der Waals surface area contributed by atoms with Gasteiger partial charge in [0.2, 0.25) is 5.75 Å². The second kappa shape index (κ2) is 10.3. The van der Waals surface area contributed by atoms with Crippen LogP contribution in [-0.4, -0.2) is 34.1 Å². The maximum Gasteiger partial charge on any atom is 0.317 e. The van der Waals surface area contributed by atoms with Crippen molar-refractivity contribution in [3.63, 3.8) is 0 Å². The first kappa shape index (κ1) is 23.4. The van der Waals surface area contributed by atoms with Crippen LogP contribution in [0.4, 0.5) is 5.69 Å². The lowest BCUT2D eigenvalue weighted by molar-refractivity contribution is -0.386. The van der Waals surface area contributed by atoms with E-state index in [1.54, 1.807) is 0 Å². The Morgan fingerprint density at radius 2 is 2.00 bits per heavy atom. The van der Waals surface area contributed by atoms with Crippen molar-refractivity contribution < 1.29 is 29.4 Å². The monoisotopic (exact) mass is 437 g/mol. The molecule has 2 rings (SSSR count). The standard InChI is InChI=1S/C21H24ClNO7/c1-4-6-15-17(8-7-14(13(3)25)19(15)26)30-20-16(22)11-12(2)18(23(27)28)21(20)29-10-5-9-24/h7-8,11,24,26H,4-6,9-10H2,1-3H3. The van der Waals surface area contributed by atoms with Gasteiger partial charge in [0.05, 0.1) is 22.1 Å². The fraction of sp³-hybridized carbons (Fsp3) is 0.381. The molecule has 0 aliphatic heterocycles. The Morgan fingerprint density at radius 1 is 1.30 bits per heavy atom. The highest BCUT2D eigenvalue weighted by Crippen LogP contribution is 2.48. The Labute approximate surface area is 179 Å². The number of aliphatic hydroxyl groups excluding tert-OH is 1. The van der Waals surface area contributed by atoms with Gasteiger partial charge in [-0.05, 0) is 38.5 Å². The fourth-order valence-corrected chi connectivity index (χ4v) is 3.30. The van der Waals surface area contributed by atoms with Gasteiger partial charge in [0.25, 0.3) is 0 Å². The highest BCUT2D eigenvalue weighted by atomic mass is 35.5. The highest BCUT2D eigenvalue weighted by molar-refractivity contribution is 6.32. The summed E-state index contributed by atoms with van der Waals surface area (Å²) in [4.78, 5) is 22.8. The quantitative estimate of drug-likeness (QED) is 0.233. The van der Waals surface area contributed by atoms with Crippen molar-refractivity contribution in [3.05, 3.63) is 50.0 Å². The van der Waals surface area contributed by atoms with Crippen LogP contribution in [0.25, 0.3) is 0 Å². The number of phenols is 1. The van der Waals surface area contributed by atoms with Crippen LogP contribution in [0.5, 0.6) is 23.0 Å². The second-order valence-corrected chi connectivity index (χ2v) is 7.12. The lowest BCUT2D eigenvalue weighted by atomic mass is 10.0. The van der Waals surface area contributed by atoms with Gasteiger partial charge in [-0.15, -0.1) is 0 Å². The van der Waals surface area contributed by atoms with E-state index in [9.17, 15) is 20.0 Å². The topological polar surface area (TPSA) is 119 Å². The van der Waals surface area contributed by atoms with Crippen molar-refractivity contribution in [2.24, 2.45) is 0 Å². The molecule has 0 saturated heterocycles. The number of nitro benzene ring substituents is 1. The molecule has 0 radical (unpaired) electrons. The molecule has 30 heavy (non-hydrogen) atoms. The number of rotatable bonds is 10. The molecule has 2 aromatic carbocycles. The van der Waals surface area contributed by atoms with Crippen molar-refractivity contribution >= 4 is 23.1 Å². The molecule has 0 aliphatic rings. The second-order valence-electron chi connectivity index (χ2n) is 6.71. The number of aryl methyl sites for hydroxylation is 1. The number of carbonyl (C=O) groups excluding carboxylic acids is 1. The predicted octanol–water partition coefficient (Wildman–Crippen LogP) is 4.97. The molecular weight excluding hydrogens is 414 g/mol. The minimum Gasteiger partial charge on any atom is -0.507 e. The number of halogens is 1. The Kier molecular flexibility index (Phi) is 8.02. The number of phenolic OH excluding ortho intramolecular Hbond substituents is 1. The maximum absolute atomic E-state index is 11.8. The molecule has 0 bridgehead atoms. The van der Waals surface area contributed by atoms with Gasteiger partial charge in [-0.25, -0.2) is 0 Å². The smallest absolute Gasteiger partial charge is 0.317 e. The van der Waals surface area contributed by atoms with Gasteiger partial charge in [-0.2, -0.15) is 0 Å². The average Bonchev–Trinajstić information content (AvgIpc) is 2.66. The summed E-state index contributed by atoms with van der Waals surface area (Å²) in [5, 5.41) is 31.3. The number of hydrogen-bond donors (Lipinski definition) is 2. The number of benzene rings is 2. The molecule has 0 fully saturated rings. The van der Waals surface area contributed by atoms with Gasteiger partial charge in [0.15, 0.2) is 11.5 Å². The number of nitrogens with zero attached hydrogens (tertiary/aromatic N) is 1. The van der Waals surface area contributed by atoms with E-state index in [2.05, 4.69) is 0 Å². The normalized spacial score (nSPS) is 10.7. The van der Waals surface area contributed by atoms with E-state index in [0.29, 0.717) is 24.0 Å². The number of nitro groups is 1. The van der Waals surface area contributed by atoms with E-state index >= 15 is 0 Å². The van der Waals surface area contributed by atoms with Crippen LogP contribution in [0, 0.1) is 17.0 Å². The molecule has 162 valence electrons. The van der Waals surface area contributed by atoms with Crippen molar-refractivity contribution in [2.45, 2.75) is 40.0 Å². The minimum atomic E-state index is -0.587. The van der Waals surface area contributed by atoms with E-state index in [-0.39, 0.29) is 64.7 Å². The Balaban J connectivity index is 2.64. The lowest BCUT2D eigenvalue weighted by Gasteiger charge is -2.18. The van der Waals surface area contributed by atoms with Gasteiger partial charge < -0.3 is 19.7 Å². The zero-order valence-corrected chi connectivity index (χ0v) is 17.8. The number of aliphatic hydroxyl groups is 1. The molecule has 2 N–H and O–H groups in total. The Morgan fingerprint density at radius 3 is 2.57 bits per heavy atom. The first-order valence-electron chi connectivity index (χ1n) is 9.47. The molecule has 2 aromatic rings. The van der Waals surface area contributed by atoms with E-state index in [1.165, 1.54) is 32.0 Å². The van der Waals surface area contributed by atoms with Crippen molar-refractivity contribution in [2.75, 3.05) is 13.2 Å². The van der Waals surface area contributed by atoms with Crippen LogP contribution in [0.3, 0.4) is 0 Å². The summed E-state index contributed by atoms with van der Waals surface area (Å²) in [5.41, 5.74) is 0.547. The van der Waals surface area contributed by atoms with Crippen LogP contribution in [0.2, 0.25) is 5.02 Å². The summed E-state index contributed by atoms with van der Waals surface area (Å²) < 4.78 is 11.5. The molecule has 8 nitrogen and oxygen atoms in total.